The Morgan fingerprint density at radius 3 is 2.67 bits per heavy atom. The Labute approximate surface area is 158 Å². The minimum absolute atomic E-state index is 0.00274. The van der Waals surface area contributed by atoms with Crippen molar-refractivity contribution in [2.24, 2.45) is 0 Å². The summed E-state index contributed by atoms with van der Waals surface area (Å²) >= 11 is 0. The number of hydrogen-bond donors (Lipinski definition) is 2. The lowest BCUT2D eigenvalue weighted by Gasteiger charge is -2.45. The highest BCUT2D eigenvalue weighted by Gasteiger charge is 2.47. The number of imidazole rings is 1. The number of carbonyl (C=O) groups is 3. The fraction of sp³-hybridized carbons (Fsp3) is 0.667. The molecule has 2 aliphatic heterocycles. The van der Waals surface area contributed by atoms with E-state index in [0.717, 1.165) is 5.82 Å². The Morgan fingerprint density at radius 2 is 2.04 bits per heavy atom. The van der Waals surface area contributed by atoms with Crippen molar-refractivity contribution in [2.45, 2.75) is 57.9 Å². The number of likely N-dealkylation sites (tertiary alicyclic amines) is 1. The summed E-state index contributed by atoms with van der Waals surface area (Å²) in [6.45, 7) is 6.62. The van der Waals surface area contributed by atoms with Crippen LogP contribution in [0.1, 0.15) is 39.4 Å². The van der Waals surface area contributed by atoms with Crippen LogP contribution in [0, 0.1) is 0 Å². The van der Waals surface area contributed by atoms with Gasteiger partial charge in [0.2, 0.25) is 11.8 Å². The van der Waals surface area contributed by atoms with Gasteiger partial charge < -0.3 is 24.8 Å². The molecule has 0 aliphatic carbocycles. The summed E-state index contributed by atoms with van der Waals surface area (Å²) in [6, 6.07) is 0.0366. The van der Waals surface area contributed by atoms with Gasteiger partial charge in [0, 0.05) is 51.3 Å². The van der Waals surface area contributed by atoms with E-state index in [1.165, 1.54) is 6.92 Å². The molecule has 148 valence electrons. The van der Waals surface area contributed by atoms with Gasteiger partial charge in [-0.1, -0.05) is 0 Å². The monoisotopic (exact) mass is 377 g/mol. The summed E-state index contributed by atoms with van der Waals surface area (Å²) in [4.78, 5) is 41.9. The first kappa shape index (κ1) is 19.3. The minimum Gasteiger partial charge on any atom is -0.352 e. The largest absolute Gasteiger partial charge is 0.352 e. The van der Waals surface area contributed by atoms with E-state index >= 15 is 0 Å². The lowest BCUT2D eigenvalue weighted by Crippen LogP contribution is -2.55. The number of ether oxygens (including phenoxy) is 1. The summed E-state index contributed by atoms with van der Waals surface area (Å²) in [5.74, 6) is 0.333. The van der Waals surface area contributed by atoms with E-state index < -0.39 is 11.7 Å². The van der Waals surface area contributed by atoms with E-state index in [-0.39, 0.29) is 30.3 Å². The van der Waals surface area contributed by atoms with Crippen LogP contribution in [0.25, 0.3) is 0 Å². The number of carbonyl (C=O) groups excluding carboxylic acids is 3. The maximum atomic E-state index is 12.5. The molecule has 1 saturated heterocycles. The third-order valence-corrected chi connectivity index (χ3v) is 4.99. The number of hydrogen-bond acceptors (Lipinski definition) is 5. The molecule has 0 bridgehead atoms. The molecule has 0 radical (unpaired) electrons. The summed E-state index contributed by atoms with van der Waals surface area (Å²) < 4.78 is 8.26. The molecule has 1 unspecified atom stereocenters. The predicted molar refractivity (Wildman–Crippen MR) is 96.6 cm³/mol. The summed E-state index contributed by atoms with van der Waals surface area (Å²) in [5, 5.41) is 5.44. The van der Waals surface area contributed by atoms with Crippen molar-refractivity contribution in [3.8, 4) is 0 Å². The van der Waals surface area contributed by atoms with E-state index in [1.807, 2.05) is 24.6 Å². The van der Waals surface area contributed by atoms with Crippen LogP contribution in [0.4, 0.5) is 0 Å². The van der Waals surface area contributed by atoms with Gasteiger partial charge in [0.1, 0.15) is 11.4 Å². The van der Waals surface area contributed by atoms with Crippen LogP contribution in [0.3, 0.4) is 0 Å². The van der Waals surface area contributed by atoms with Crippen LogP contribution in [0.2, 0.25) is 0 Å². The SMILES string of the molecule is CC(=O)NCC(=O)N1CCC2(CC1)OC(C(=O)NC(C)C)Cn1ccnc12. The molecule has 0 aromatic carbocycles. The molecule has 1 fully saturated rings. The van der Waals surface area contributed by atoms with E-state index in [9.17, 15) is 14.4 Å². The van der Waals surface area contributed by atoms with Crippen molar-refractivity contribution in [3.63, 3.8) is 0 Å². The zero-order chi connectivity index (χ0) is 19.6. The van der Waals surface area contributed by atoms with Crippen LogP contribution in [-0.2, 0) is 31.3 Å². The Hall–Kier alpha value is -2.42. The summed E-state index contributed by atoms with van der Waals surface area (Å²) in [5.41, 5.74) is -0.675. The van der Waals surface area contributed by atoms with Gasteiger partial charge in [-0.3, -0.25) is 14.4 Å². The van der Waals surface area contributed by atoms with Crippen molar-refractivity contribution >= 4 is 17.7 Å². The van der Waals surface area contributed by atoms with E-state index in [1.54, 1.807) is 11.1 Å². The average Bonchev–Trinajstić information content (AvgIpc) is 3.09. The van der Waals surface area contributed by atoms with Gasteiger partial charge in [-0.2, -0.15) is 0 Å². The Balaban J connectivity index is 1.71. The Morgan fingerprint density at radius 1 is 1.33 bits per heavy atom. The molecule has 3 amide bonds. The Kier molecular flexibility index (Phi) is 5.50. The van der Waals surface area contributed by atoms with E-state index in [2.05, 4.69) is 15.6 Å². The zero-order valence-electron chi connectivity index (χ0n) is 16.0. The molecular formula is C18H27N5O4. The molecule has 1 aromatic heterocycles. The number of nitrogens with one attached hydrogen (secondary N) is 2. The molecule has 9 nitrogen and oxygen atoms in total. The third kappa shape index (κ3) is 4.13. The molecule has 1 atom stereocenters. The van der Waals surface area contributed by atoms with Crippen molar-refractivity contribution in [3.05, 3.63) is 18.2 Å². The van der Waals surface area contributed by atoms with Gasteiger partial charge in [0.05, 0.1) is 13.1 Å². The van der Waals surface area contributed by atoms with Gasteiger partial charge in [0.25, 0.3) is 5.91 Å². The standard InChI is InChI=1S/C18H27N5O4/c1-12(2)21-16(26)14-11-23-9-6-19-17(23)18(27-14)4-7-22(8-5-18)15(25)10-20-13(3)24/h6,9,12,14H,4-5,7-8,10-11H2,1-3H3,(H,20,24)(H,21,26). The molecule has 3 rings (SSSR count). The predicted octanol–water partition coefficient (Wildman–Crippen LogP) is -0.240. The third-order valence-electron chi connectivity index (χ3n) is 4.99. The van der Waals surface area contributed by atoms with Gasteiger partial charge in [0.15, 0.2) is 6.10 Å². The normalized spacial score (nSPS) is 21.0. The molecule has 2 aliphatic rings. The van der Waals surface area contributed by atoms with Crippen molar-refractivity contribution < 1.29 is 19.1 Å². The number of fused-ring (bicyclic) bond motifs is 2. The second-order valence-electron chi connectivity index (χ2n) is 7.46. The summed E-state index contributed by atoms with van der Waals surface area (Å²) in [6.07, 6.45) is 4.11. The van der Waals surface area contributed by atoms with Gasteiger partial charge >= 0.3 is 0 Å². The second-order valence-corrected chi connectivity index (χ2v) is 7.46. The lowest BCUT2D eigenvalue weighted by atomic mass is 9.88. The molecule has 1 spiro atoms. The maximum Gasteiger partial charge on any atom is 0.251 e. The maximum absolute atomic E-state index is 12.5. The fourth-order valence-corrected chi connectivity index (χ4v) is 3.68. The van der Waals surface area contributed by atoms with Gasteiger partial charge in [-0.15, -0.1) is 0 Å². The van der Waals surface area contributed by atoms with Gasteiger partial charge in [-0.25, -0.2) is 4.98 Å². The first-order valence-electron chi connectivity index (χ1n) is 9.33. The van der Waals surface area contributed by atoms with Crippen LogP contribution in [-0.4, -0.2) is 64.0 Å². The molecule has 2 N–H and O–H groups in total. The molecule has 1 aromatic rings. The van der Waals surface area contributed by atoms with Crippen LogP contribution < -0.4 is 10.6 Å². The van der Waals surface area contributed by atoms with Crippen LogP contribution in [0.5, 0.6) is 0 Å². The number of rotatable bonds is 4. The van der Waals surface area contributed by atoms with Crippen molar-refractivity contribution in [2.75, 3.05) is 19.6 Å². The van der Waals surface area contributed by atoms with Crippen molar-refractivity contribution in [1.82, 2.24) is 25.1 Å². The second kappa shape index (κ2) is 7.67. The zero-order valence-corrected chi connectivity index (χ0v) is 16.0. The number of piperidine rings is 1. The van der Waals surface area contributed by atoms with E-state index in [4.69, 9.17) is 4.74 Å². The molecule has 3 heterocycles. The van der Waals surface area contributed by atoms with Gasteiger partial charge in [-0.05, 0) is 13.8 Å². The van der Waals surface area contributed by atoms with Crippen LogP contribution >= 0.6 is 0 Å². The number of amides is 3. The smallest absolute Gasteiger partial charge is 0.251 e. The summed E-state index contributed by atoms with van der Waals surface area (Å²) in [7, 11) is 0. The average molecular weight is 377 g/mol. The fourth-order valence-electron chi connectivity index (χ4n) is 3.68. The molecular weight excluding hydrogens is 350 g/mol. The quantitative estimate of drug-likeness (QED) is 0.753. The number of nitrogens with zero attached hydrogens (tertiary/aromatic N) is 3. The molecule has 27 heavy (non-hydrogen) atoms. The van der Waals surface area contributed by atoms with Crippen LogP contribution in [0.15, 0.2) is 12.4 Å². The van der Waals surface area contributed by atoms with Crippen molar-refractivity contribution in [1.29, 1.82) is 0 Å². The first-order valence-corrected chi connectivity index (χ1v) is 9.33. The molecule has 0 saturated carbocycles. The Bertz CT molecular complexity index is 721. The number of aromatic nitrogens is 2. The highest BCUT2D eigenvalue weighted by molar-refractivity contribution is 5.83. The van der Waals surface area contributed by atoms with E-state index in [0.29, 0.717) is 32.5 Å². The first-order chi connectivity index (χ1) is 12.8. The molecule has 9 heteroatoms. The highest BCUT2D eigenvalue weighted by atomic mass is 16.5. The lowest BCUT2D eigenvalue weighted by molar-refractivity contribution is -0.176. The highest BCUT2D eigenvalue weighted by Crippen LogP contribution is 2.40. The minimum atomic E-state index is -0.675. The topological polar surface area (TPSA) is 106 Å².